The molecule has 0 fully saturated rings. The topological polar surface area (TPSA) is 78.0 Å². The van der Waals surface area contributed by atoms with Gasteiger partial charge in [-0.2, -0.15) is 0 Å². The van der Waals surface area contributed by atoms with Gasteiger partial charge in [0, 0.05) is 23.6 Å². The minimum atomic E-state index is -0.287. The zero-order chi connectivity index (χ0) is 19.2. The number of rotatable bonds is 9. The molecule has 0 bridgehead atoms. The Labute approximate surface area is 170 Å². The summed E-state index contributed by atoms with van der Waals surface area (Å²) in [5.41, 5.74) is 5.86. The van der Waals surface area contributed by atoms with E-state index in [0.29, 0.717) is 34.8 Å². The lowest BCUT2D eigenvalue weighted by Gasteiger charge is -2.12. The Morgan fingerprint density at radius 3 is 2.74 bits per heavy atom. The van der Waals surface area contributed by atoms with E-state index in [1.165, 1.54) is 11.3 Å². The van der Waals surface area contributed by atoms with Gasteiger partial charge in [-0.3, -0.25) is 14.2 Å². The summed E-state index contributed by atoms with van der Waals surface area (Å²) in [6.07, 6.45) is 2.76. The van der Waals surface area contributed by atoms with Crippen LogP contribution in [-0.4, -0.2) is 15.5 Å². The Hall–Kier alpha value is -1.83. The third-order valence-corrected chi connectivity index (χ3v) is 6.54. The van der Waals surface area contributed by atoms with Crippen molar-refractivity contribution in [1.29, 1.82) is 0 Å². The molecular formula is C19H20ClN3O2S2. The lowest BCUT2D eigenvalue weighted by Crippen LogP contribution is -2.23. The van der Waals surface area contributed by atoms with Crippen molar-refractivity contribution >= 4 is 51.5 Å². The molecule has 2 N–H and O–H groups in total. The number of unbranched alkanes of at least 4 members (excludes halogenated alkanes) is 2. The average molecular weight is 422 g/mol. The van der Waals surface area contributed by atoms with E-state index in [0.717, 1.165) is 28.5 Å². The first-order valence-electron chi connectivity index (χ1n) is 8.69. The van der Waals surface area contributed by atoms with Gasteiger partial charge in [0.05, 0.1) is 15.2 Å². The minimum absolute atomic E-state index is 0.0257. The van der Waals surface area contributed by atoms with E-state index in [2.05, 4.69) is 0 Å². The van der Waals surface area contributed by atoms with E-state index >= 15 is 0 Å². The summed E-state index contributed by atoms with van der Waals surface area (Å²) in [7, 11) is 0. The number of thioether (sulfide) groups is 1. The van der Waals surface area contributed by atoms with Gasteiger partial charge in [0.2, 0.25) is 5.91 Å². The molecular weight excluding hydrogens is 402 g/mol. The molecule has 8 heteroatoms. The van der Waals surface area contributed by atoms with Crippen LogP contribution in [0.5, 0.6) is 0 Å². The Morgan fingerprint density at radius 2 is 2.00 bits per heavy atom. The van der Waals surface area contributed by atoms with Gasteiger partial charge in [-0.25, -0.2) is 4.98 Å². The molecule has 0 atom stereocenters. The number of thiophene rings is 1. The smallest absolute Gasteiger partial charge is 0.262 e. The van der Waals surface area contributed by atoms with E-state index in [4.69, 9.17) is 22.3 Å². The van der Waals surface area contributed by atoms with E-state index in [9.17, 15) is 9.59 Å². The molecule has 2 aromatic heterocycles. The molecule has 0 aliphatic rings. The second-order valence-electron chi connectivity index (χ2n) is 6.14. The number of para-hydroxylation sites is 1. The summed E-state index contributed by atoms with van der Waals surface area (Å²) in [5.74, 6) is 0.425. The second-order valence-corrected chi connectivity index (χ2v) is 8.88. The summed E-state index contributed by atoms with van der Waals surface area (Å²) in [5, 5.41) is 1.33. The van der Waals surface area contributed by atoms with Crippen LogP contribution in [0.1, 0.15) is 30.6 Å². The van der Waals surface area contributed by atoms with Crippen molar-refractivity contribution in [1.82, 2.24) is 9.55 Å². The van der Waals surface area contributed by atoms with Crippen LogP contribution in [0, 0.1) is 0 Å². The van der Waals surface area contributed by atoms with Gasteiger partial charge in [0.25, 0.3) is 5.56 Å². The number of hydrogen-bond donors (Lipinski definition) is 1. The standard InChI is InChI=1S/C19H20ClN3O2S2/c20-16-10-9-13(27-16)12-26-19-22-15-7-4-3-6-14(15)18(25)23(19)11-5-1-2-8-17(21)24/h3-4,6-7,9-10H,1-2,5,8,11-12H2,(H2,21,24). The Balaban J connectivity index is 1.80. The lowest BCUT2D eigenvalue weighted by atomic mass is 10.2. The van der Waals surface area contributed by atoms with Crippen molar-refractivity contribution in [3.05, 3.63) is 56.0 Å². The van der Waals surface area contributed by atoms with Crippen molar-refractivity contribution in [2.45, 2.75) is 43.1 Å². The van der Waals surface area contributed by atoms with Gasteiger partial charge in [0.15, 0.2) is 5.16 Å². The summed E-state index contributed by atoms with van der Waals surface area (Å²) in [4.78, 5) is 29.7. The normalized spacial score (nSPS) is 11.1. The number of carbonyl (C=O) groups is 1. The van der Waals surface area contributed by atoms with Gasteiger partial charge in [-0.05, 0) is 37.1 Å². The fraction of sp³-hybridized carbons (Fsp3) is 0.316. The molecule has 3 rings (SSSR count). The molecule has 0 unspecified atom stereocenters. The highest BCUT2D eigenvalue weighted by Gasteiger charge is 2.12. The summed E-state index contributed by atoms with van der Waals surface area (Å²) >= 11 is 9.08. The van der Waals surface area contributed by atoms with Crippen LogP contribution in [0.3, 0.4) is 0 Å². The van der Waals surface area contributed by atoms with Crippen molar-refractivity contribution in [2.24, 2.45) is 5.73 Å². The van der Waals surface area contributed by atoms with Crippen LogP contribution in [0.2, 0.25) is 4.34 Å². The zero-order valence-electron chi connectivity index (χ0n) is 14.7. The number of carbonyl (C=O) groups excluding carboxylic acids is 1. The highest BCUT2D eigenvalue weighted by molar-refractivity contribution is 7.98. The molecule has 0 saturated carbocycles. The number of amides is 1. The van der Waals surface area contributed by atoms with E-state index in [1.807, 2.05) is 36.4 Å². The van der Waals surface area contributed by atoms with Crippen LogP contribution in [0.25, 0.3) is 10.9 Å². The maximum Gasteiger partial charge on any atom is 0.262 e. The van der Waals surface area contributed by atoms with Crippen LogP contribution in [0.15, 0.2) is 46.3 Å². The van der Waals surface area contributed by atoms with Crippen LogP contribution < -0.4 is 11.3 Å². The number of nitrogens with zero attached hydrogens (tertiary/aromatic N) is 2. The molecule has 27 heavy (non-hydrogen) atoms. The van der Waals surface area contributed by atoms with Gasteiger partial charge in [-0.15, -0.1) is 11.3 Å². The Kier molecular flexibility index (Phi) is 6.93. The SMILES string of the molecule is NC(=O)CCCCCn1c(SCc2ccc(Cl)s2)nc2ccccc2c1=O. The summed E-state index contributed by atoms with van der Waals surface area (Å²) in [6.45, 7) is 0.572. The van der Waals surface area contributed by atoms with Crippen molar-refractivity contribution in [3.63, 3.8) is 0 Å². The summed E-state index contributed by atoms with van der Waals surface area (Å²) in [6, 6.07) is 11.3. The molecule has 0 saturated heterocycles. The molecule has 5 nitrogen and oxygen atoms in total. The predicted molar refractivity (Wildman–Crippen MR) is 113 cm³/mol. The fourth-order valence-electron chi connectivity index (χ4n) is 2.77. The first-order valence-corrected chi connectivity index (χ1v) is 10.9. The molecule has 0 aliphatic carbocycles. The third-order valence-electron chi connectivity index (χ3n) is 4.10. The quantitative estimate of drug-likeness (QED) is 0.314. The van der Waals surface area contributed by atoms with Gasteiger partial charge >= 0.3 is 0 Å². The number of halogens is 1. The largest absolute Gasteiger partial charge is 0.370 e. The predicted octanol–water partition coefficient (Wildman–Crippen LogP) is 4.45. The van der Waals surface area contributed by atoms with E-state index in [1.54, 1.807) is 16.3 Å². The number of hydrogen-bond acceptors (Lipinski definition) is 5. The first kappa shape index (κ1) is 19.9. The Morgan fingerprint density at radius 1 is 1.19 bits per heavy atom. The maximum absolute atomic E-state index is 13.0. The molecule has 2 heterocycles. The Bertz CT molecular complexity index is 1000. The highest BCUT2D eigenvalue weighted by atomic mass is 35.5. The zero-order valence-corrected chi connectivity index (χ0v) is 17.1. The monoisotopic (exact) mass is 421 g/mol. The maximum atomic E-state index is 13.0. The first-order chi connectivity index (χ1) is 13.0. The van der Waals surface area contributed by atoms with E-state index in [-0.39, 0.29) is 11.5 Å². The number of aromatic nitrogens is 2. The van der Waals surface area contributed by atoms with Crippen molar-refractivity contribution < 1.29 is 4.79 Å². The fourth-order valence-corrected chi connectivity index (χ4v) is 4.92. The molecule has 1 aromatic carbocycles. The second kappa shape index (κ2) is 9.39. The molecule has 3 aromatic rings. The number of nitrogens with two attached hydrogens (primary N) is 1. The van der Waals surface area contributed by atoms with Crippen LogP contribution >= 0.6 is 34.7 Å². The molecule has 142 valence electrons. The van der Waals surface area contributed by atoms with Crippen LogP contribution in [-0.2, 0) is 17.1 Å². The third kappa shape index (κ3) is 5.34. The lowest BCUT2D eigenvalue weighted by molar-refractivity contribution is -0.118. The van der Waals surface area contributed by atoms with Gasteiger partial charge < -0.3 is 5.73 Å². The number of primary amides is 1. The highest BCUT2D eigenvalue weighted by Crippen LogP contribution is 2.28. The summed E-state index contributed by atoms with van der Waals surface area (Å²) < 4.78 is 2.50. The number of benzene rings is 1. The minimum Gasteiger partial charge on any atom is -0.370 e. The molecule has 0 spiro atoms. The van der Waals surface area contributed by atoms with Gasteiger partial charge in [0.1, 0.15) is 0 Å². The average Bonchev–Trinajstić information content (AvgIpc) is 3.06. The molecule has 0 aliphatic heterocycles. The number of fused-ring (bicyclic) bond motifs is 1. The van der Waals surface area contributed by atoms with E-state index < -0.39 is 0 Å². The van der Waals surface area contributed by atoms with Crippen LogP contribution in [0.4, 0.5) is 0 Å². The van der Waals surface area contributed by atoms with Gasteiger partial charge in [-0.1, -0.05) is 41.9 Å². The molecule has 1 amide bonds. The molecule has 0 radical (unpaired) electrons. The van der Waals surface area contributed by atoms with Crippen molar-refractivity contribution in [3.8, 4) is 0 Å². The van der Waals surface area contributed by atoms with Crippen molar-refractivity contribution in [2.75, 3.05) is 0 Å².